The van der Waals surface area contributed by atoms with Crippen molar-refractivity contribution < 1.29 is 4.42 Å². The van der Waals surface area contributed by atoms with Crippen molar-refractivity contribution in [1.29, 1.82) is 0 Å². The summed E-state index contributed by atoms with van der Waals surface area (Å²) in [4.78, 5) is 8.37. The highest BCUT2D eigenvalue weighted by atomic mass is 16.4. The first kappa shape index (κ1) is 11.4. The maximum Gasteiger partial charge on any atom is 0.213 e. The monoisotopic (exact) mass is 232 g/mol. The Morgan fingerprint density at radius 3 is 2.82 bits per heavy atom. The van der Waals surface area contributed by atoms with E-state index < -0.39 is 0 Å². The largest absolute Gasteiger partial charge is 0.444 e. The Morgan fingerprint density at radius 1 is 1.35 bits per heavy atom. The summed E-state index contributed by atoms with van der Waals surface area (Å²) in [6.45, 7) is 4.46. The van der Waals surface area contributed by atoms with Gasteiger partial charge in [-0.1, -0.05) is 6.92 Å². The van der Waals surface area contributed by atoms with Crippen LogP contribution in [0.5, 0.6) is 0 Å². The minimum Gasteiger partial charge on any atom is -0.444 e. The summed E-state index contributed by atoms with van der Waals surface area (Å²) in [7, 11) is 0. The Bertz CT molecular complexity index is 507. The van der Waals surface area contributed by atoms with E-state index in [-0.39, 0.29) is 0 Å². The maximum atomic E-state index is 5.84. The van der Waals surface area contributed by atoms with Gasteiger partial charge in [-0.2, -0.15) is 0 Å². The van der Waals surface area contributed by atoms with E-state index in [2.05, 4.69) is 15.3 Å². The lowest BCUT2D eigenvalue weighted by Crippen LogP contribution is -2.04. The van der Waals surface area contributed by atoms with Crippen LogP contribution in [0.3, 0.4) is 0 Å². The molecule has 0 radical (unpaired) electrons. The second-order valence-electron chi connectivity index (χ2n) is 3.88. The van der Waals surface area contributed by atoms with Crippen molar-refractivity contribution in [3.8, 4) is 0 Å². The van der Waals surface area contributed by atoms with Gasteiger partial charge in [-0.3, -0.25) is 0 Å². The zero-order valence-electron chi connectivity index (χ0n) is 10.0. The summed E-state index contributed by atoms with van der Waals surface area (Å²) >= 11 is 0. The molecule has 0 amide bonds. The van der Waals surface area contributed by atoms with Crippen molar-refractivity contribution in [1.82, 2.24) is 9.97 Å². The van der Waals surface area contributed by atoms with Crippen molar-refractivity contribution in [2.24, 2.45) is 0 Å². The SMILES string of the molecule is CCc1cnc(CNc2ncc(C)cc2N)o1. The van der Waals surface area contributed by atoms with Crippen LogP contribution in [0.4, 0.5) is 11.5 Å². The van der Waals surface area contributed by atoms with Crippen molar-refractivity contribution in [2.45, 2.75) is 26.8 Å². The van der Waals surface area contributed by atoms with E-state index in [1.54, 1.807) is 12.4 Å². The van der Waals surface area contributed by atoms with E-state index in [9.17, 15) is 0 Å². The minimum atomic E-state index is 0.486. The number of aryl methyl sites for hydroxylation is 2. The molecule has 0 aromatic carbocycles. The number of hydrogen-bond acceptors (Lipinski definition) is 5. The van der Waals surface area contributed by atoms with Gasteiger partial charge < -0.3 is 15.5 Å². The fourth-order valence-electron chi connectivity index (χ4n) is 1.49. The second kappa shape index (κ2) is 4.86. The first-order chi connectivity index (χ1) is 8.19. The molecule has 3 N–H and O–H groups in total. The molecule has 2 aromatic heterocycles. The van der Waals surface area contributed by atoms with Crippen LogP contribution >= 0.6 is 0 Å². The molecule has 0 aliphatic heterocycles. The van der Waals surface area contributed by atoms with E-state index in [0.29, 0.717) is 23.9 Å². The number of anilines is 2. The topological polar surface area (TPSA) is 77.0 Å². The van der Waals surface area contributed by atoms with Crippen LogP contribution < -0.4 is 11.1 Å². The van der Waals surface area contributed by atoms with Crippen LogP contribution in [-0.2, 0) is 13.0 Å². The summed E-state index contributed by atoms with van der Waals surface area (Å²) in [6, 6.07) is 1.88. The molecule has 2 heterocycles. The Balaban J connectivity index is 2.02. The fourth-order valence-corrected chi connectivity index (χ4v) is 1.49. The van der Waals surface area contributed by atoms with Gasteiger partial charge in [-0.05, 0) is 18.6 Å². The third kappa shape index (κ3) is 2.75. The quantitative estimate of drug-likeness (QED) is 0.844. The number of nitrogens with two attached hydrogens (primary N) is 1. The Hall–Kier alpha value is -2.04. The van der Waals surface area contributed by atoms with E-state index in [1.165, 1.54) is 0 Å². The van der Waals surface area contributed by atoms with Gasteiger partial charge >= 0.3 is 0 Å². The molecular formula is C12H16N4O. The number of rotatable bonds is 4. The molecule has 0 aliphatic rings. The van der Waals surface area contributed by atoms with Crippen molar-refractivity contribution in [3.05, 3.63) is 35.7 Å². The molecule has 0 spiro atoms. The average molecular weight is 232 g/mol. The number of aromatic nitrogens is 2. The summed E-state index contributed by atoms with van der Waals surface area (Å²) in [5.74, 6) is 2.18. The lowest BCUT2D eigenvalue weighted by Gasteiger charge is -2.06. The highest BCUT2D eigenvalue weighted by molar-refractivity contribution is 5.61. The number of nitrogens with zero attached hydrogens (tertiary/aromatic N) is 2. The van der Waals surface area contributed by atoms with Gasteiger partial charge in [0.15, 0.2) is 0 Å². The van der Waals surface area contributed by atoms with Crippen molar-refractivity contribution in [2.75, 3.05) is 11.1 Å². The van der Waals surface area contributed by atoms with Gasteiger partial charge in [0, 0.05) is 12.6 Å². The summed E-state index contributed by atoms with van der Waals surface area (Å²) in [5.41, 5.74) is 7.51. The van der Waals surface area contributed by atoms with Crippen LogP contribution in [0.2, 0.25) is 0 Å². The molecular weight excluding hydrogens is 216 g/mol. The second-order valence-corrected chi connectivity index (χ2v) is 3.88. The molecule has 0 saturated carbocycles. The first-order valence-electron chi connectivity index (χ1n) is 5.58. The van der Waals surface area contributed by atoms with Gasteiger partial charge in [0.2, 0.25) is 5.89 Å². The zero-order chi connectivity index (χ0) is 12.3. The summed E-state index contributed by atoms with van der Waals surface area (Å²) < 4.78 is 5.48. The van der Waals surface area contributed by atoms with Gasteiger partial charge in [0.05, 0.1) is 18.4 Å². The first-order valence-corrected chi connectivity index (χ1v) is 5.58. The third-order valence-corrected chi connectivity index (χ3v) is 2.41. The molecule has 17 heavy (non-hydrogen) atoms. The molecule has 2 aromatic rings. The highest BCUT2D eigenvalue weighted by Gasteiger charge is 2.04. The average Bonchev–Trinajstić information content (AvgIpc) is 2.76. The van der Waals surface area contributed by atoms with E-state index in [1.807, 2.05) is 19.9 Å². The Morgan fingerprint density at radius 2 is 2.18 bits per heavy atom. The van der Waals surface area contributed by atoms with E-state index in [0.717, 1.165) is 17.7 Å². The number of nitrogen functional groups attached to an aromatic ring is 1. The van der Waals surface area contributed by atoms with E-state index >= 15 is 0 Å². The predicted molar refractivity (Wildman–Crippen MR) is 66.6 cm³/mol. The van der Waals surface area contributed by atoms with Gasteiger partial charge in [-0.25, -0.2) is 9.97 Å². The number of nitrogens with one attached hydrogen (secondary N) is 1. The summed E-state index contributed by atoms with van der Waals surface area (Å²) in [5, 5.41) is 3.10. The number of hydrogen-bond donors (Lipinski definition) is 2. The smallest absolute Gasteiger partial charge is 0.213 e. The zero-order valence-corrected chi connectivity index (χ0v) is 10.0. The van der Waals surface area contributed by atoms with Crippen molar-refractivity contribution in [3.63, 3.8) is 0 Å². The molecule has 2 rings (SSSR count). The third-order valence-electron chi connectivity index (χ3n) is 2.41. The standard InChI is InChI=1S/C12H16N4O/c1-3-9-6-14-11(17-9)7-16-12-10(13)4-8(2)5-15-12/h4-6H,3,7,13H2,1-2H3,(H,15,16). The molecule has 90 valence electrons. The molecule has 0 saturated heterocycles. The normalized spacial score (nSPS) is 10.5. The van der Waals surface area contributed by atoms with Gasteiger partial charge in [0.1, 0.15) is 11.6 Å². The maximum absolute atomic E-state index is 5.84. The molecule has 0 bridgehead atoms. The van der Waals surface area contributed by atoms with Crippen LogP contribution in [0.15, 0.2) is 22.9 Å². The van der Waals surface area contributed by atoms with Crippen molar-refractivity contribution >= 4 is 11.5 Å². The van der Waals surface area contributed by atoms with Gasteiger partial charge in [-0.15, -0.1) is 0 Å². The van der Waals surface area contributed by atoms with Crippen LogP contribution in [0.1, 0.15) is 24.1 Å². The van der Waals surface area contributed by atoms with Crippen LogP contribution in [0, 0.1) is 6.92 Å². The predicted octanol–water partition coefficient (Wildman–Crippen LogP) is 2.13. The van der Waals surface area contributed by atoms with Gasteiger partial charge in [0.25, 0.3) is 0 Å². The lowest BCUT2D eigenvalue weighted by molar-refractivity contribution is 0.465. The Labute approximate surface area is 100 Å². The molecule has 0 unspecified atom stereocenters. The summed E-state index contributed by atoms with van der Waals surface area (Å²) in [6.07, 6.45) is 4.35. The molecule has 0 fully saturated rings. The highest BCUT2D eigenvalue weighted by Crippen LogP contribution is 2.16. The molecule has 5 heteroatoms. The molecule has 0 aliphatic carbocycles. The Kier molecular flexibility index (Phi) is 3.27. The molecule has 0 atom stereocenters. The van der Waals surface area contributed by atoms with E-state index in [4.69, 9.17) is 10.2 Å². The minimum absolute atomic E-state index is 0.486. The molecule has 5 nitrogen and oxygen atoms in total. The van der Waals surface area contributed by atoms with Crippen LogP contribution in [-0.4, -0.2) is 9.97 Å². The van der Waals surface area contributed by atoms with Crippen LogP contribution in [0.25, 0.3) is 0 Å². The fraction of sp³-hybridized carbons (Fsp3) is 0.333. The lowest BCUT2D eigenvalue weighted by atomic mass is 10.3. The number of pyridine rings is 1. The number of oxazole rings is 1.